The minimum atomic E-state index is -0.882. The Bertz CT molecular complexity index is 1280. The van der Waals surface area contributed by atoms with Crippen molar-refractivity contribution in [1.82, 2.24) is 35.0 Å². The van der Waals surface area contributed by atoms with Gasteiger partial charge in [0.15, 0.2) is 5.82 Å². The van der Waals surface area contributed by atoms with E-state index in [-0.39, 0.29) is 24.1 Å². The zero-order chi connectivity index (χ0) is 25.9. The summed E-state index contributed by atoms with van der Waals surface area (Å²) in [4.78, 5) is 9.04. The first-order valence-corrected chi connectivity index (χ1v) is 12.3. The lowest BCUT2D eigenvalue weighted by atomic mass is 9.98. The first-order valence-electron chi connectivity index (χ1n) is 12.3. The molecule has 10 nitrogen and oxygen atoms in total. The van der Waals surface area contributed by atoms with Gasteiger partial charge in [-0.25, -0.2) is 13.8 Å². The smallest absolute Gasteiger partial charge is 0.157 e. The molecule has 1 aliphatic carbocycles. The number of fused-ring (bicyclic) bond motifs is 1. The number of aromatic nitrogens is 5. The fourth-order valence-electron chi connectivity index (χ4n) is 5.29. The SMILES string of the molecule is CCN1CCN(C(O)C2CCc3nc(-n4cnnn4)ccc32)C[C@@H]1COCc1ccc(F)c(C#N)c1F. The number of rotatable bonds is 8. The van der Waals surface area contributed by atoms with Crippen molar-refractivity contribution in [3.05, 3.63) is 64.6 Å². The molecular weight excluding hydrogens is 482 g/mol. The van der Waals surface area contributed by atoms with Gasteiger partial charge < -0.3 is 9.84 Å². The van der Waals surface area contributed by atoms with Crippen LogP contribution in [0.25, 0.3) is 5.82 Å². The van der Waals surface area contributed by atoms with E-state index in [4.69, 9.17) is 15.0 Å². The summed E-state index contributed by atoms with van der Waals surface area (Å²) in [5.41, 5.74) is 1.53. The Morgan fingerprint density at radius 3 is 2.86 bits per heavy atom. The van der Waals surface area contributed by atoms with E-state index >= 15 is 0 Å². The van der Waals surface area contributed by atoms with Gasteiger partial charge in [0.25, 0.3) is 0 Å². The van der Waals surface area contributed by atoms with Gasteiger partial charge >= 0.3 is 0 Å². The third kappa shape index (κ3) is 5.08. The number of aryl methyl sites for hydroxylation is 1. The number of nitrogens with zero attached hydrogens (tertiary/aromatic N) is 8. The van der Waals surface area contributed by atoms with E-state index in [0.717, 1.165) is 43.3 Å². The van der Waals surface area contributed by atoms with Crippen LogP contribution in [0.15, 0.2) is 30.6 Å². The molecule has 1 aromatic carbocycles. The Hall–Kier alpha value is -3.37. The number of nitriles is 1. The number of likely N-dealkylation sites (N-methyl/N-ethyl adjacent to an activating group) is 1. The highest BCUT2D eigenvalue weighted by Crippen LogP contribution is 2.36. The highest BCUT2D eigenvalue weighted by Gasteiger charge is 2.37. The maximum atomic E-state index is 14.4. The molecule has 0 amide bonds. The van der Waals surface area contributed by atoms with Crippen molar-refractivity contribution in [2.24, 2.45) is 0 Å². The first-order chi connectivity index (χ1) is 18.0. The number of halogens is 2. The van der Waals surface area contributed by atoms with E-state index in [9.17, 15) is 13.9 Å². The number of aliphatic hydroxyl groups excluding tert-OH is 1. The van der Waals surface area contributed by atoms with E-state index in [1.165, 1.54) is 17.1 Å². The van der Waals surface area contributed by atoms with Gasteiger partial charge in [0, 0.05) is 42.9 Å². The van der Waals surface area contributed by atoms with Crippen LogP contribution in [0.3, 0.4) is 0 Å². The van der Waals surface area contributed by atoms with Gasteiger partial charge in [-0.1, -0.05) is 19.1 Å². The lowest BCUT2D eigenvalue weighted by molar-refractivity contribution is -0.0731. The molecule has 1 saturated heterocycles. The van der Waals surface area contributed by atoms with Crippen LogP contribution in [-0.2, 0) is 17.8 Å². The van der Waals surface area contributed by atoms with Crippen LogP contribution in [0.4, 0.5) is 8.78 Å². The number of piperazine rings is 1. The molecule has 0 radical (unpaired) electrons. The van der Waals surface area contributed by atoms with E-state index in [1.54, 1.807) is 6.07 Å². The molecule has 37 heavy (non-hydrogen) atoms. The normalized spacial score (nSPS) is 21.1. The summed E-state index contributed by atoms with van der Waals surface area (Å²) in [5, 5.41) is 31.6. The second kappa shape index (κ2) is 10.9. The van der Waals surface area contributed by atoms with Gasteiger partial charge in [-0.2, -0.15) is 9.94 Å². The summed E-state index contributed by atoms with van der Waals surface area (Å²) in [5.74, 6) is -1.18. The van der Waals surface area contributed by atoms with Crippen LogP contribution >= 0.6 is 0 Å². The van der Waals surface area contributed by atoms with Crippen molar-refractivity contribution < 1.29 is 18.6 Å². The van der Waals surface area contributed by atoms with Gasteiger partial charge in [-0.3, -0.25) is 9.80 Å². The Balaban J connectivity index is 1.23. The fourth-order valence-corrected chi connectivity index (χ4v) is 5.29. The number of ether oxygens (including phenoxy) is 1. The molecular formula is C25H28F2N8O2. The molecule has 12 heteroatoms. The lowest BCUT2D eigenvalue weighted by Gasteiger charge is -2.44. The highest BCUT2D eigenvalue weighted by molar-refractivity contribution is 5.37. The molecule has 1 N–H and O–H groups in total. The molecule has 0 bridgehead atoms. The predicted molar refractivity (Wildman–Crippen MR) is 127 cm³/mol. The molecule has 2 unspecified atom stereocenters. The van der Waals surface area contributed by atoms with Crippen LogP contribution in [0.2, 0.25) is 0 Å². The summed E-state index contributed by atoms with van der Waals surface area (Å²) >= 11 is 0. The molecule has 1 fully saturated rings. The molecule has 2 aromatic heterocycles. The average molecular weight is 511 g/mol. The molecule has 3 heterocycles. The van der Waals surface area contributed by atoms with Crippen LogP contribution < -0.4 is 0 Å². The minimum absolute atomic E-state index is 0.00598. The first kappa shape index (κ1) is 25.3. The molecule has 0 saturated carbocycles. The van der Waals surface area contributed by atoms with Crippen LogP contribution in [0.1, 0.15) is 41.6 Å². The molecule has 194 valence electrons. The van der Waals surface area contributed by atoms with Crippen molar-refractivity contribution in [3.63, 3.8) is 0 Å². The highest BCUT2D eigenvalue weighted by atomic mass is 19.1. The van der Waals surface area contributed by atoms with Crippen molar-refractivity contribution in [3.8, 4) is 11.9 Å². The molecule has 3 atom stereocenters. The summed E-state index contributed by atoms with van der Waals surface area (Å²) in [6.45, 7) is 5.20. The number of tetrazole rings is 1. The van der Waals surface area contributed by atoms with Gasteiger partial charge in [-0.15, -0.1) is 5.10 Å². The van der Waals surface area contributed by atoms with E-state index < -0.39 is 23.4 Å². The third-order valence-corrected chi connectivity index (χ3v) is 7.30. The number of hydrogen-bond acceptors (Lipinski definition) is 9. The molecule has 0 spiro atoms. The quantitative estimate of drug-likeness (QED) is 0.484. The summed E-state index contributed by atoms with van der Waals surface area (Å²) < 4.78 is 35.3. The molecule has 3 aromatic rings. The maximum absolute atomic E-state index is 14.4. The van der Waals surface area contributed by atoms with E-state index in [1.807, 2.05) is 12.1 Å². The zero-order valence-electron chi connectivity index (χ0n) is 20.5. The predicted octanol–water partition coefficient (Wildman–Crippen LogP) is 1.78. The summed E-state index contributed by atoms with van der Waals surface area (Å²) in [7, 11) is 0. The average Bonchev–Trinajstić information content (AvgIpc) is 3.60. The fraction of sp³-hybridized carbons (Fsp3) is 0.480. The number of hydrogen-bond donors (Lipinski definition) is 1. The largest absolute Gasteiger partial charge is 0.378 e. The van der Waals surface area contributed by atoms with E-state index in [2.05, 4.69) is 32.2 Å². The Labute approximate surface area is 213 Å². The molecule has 2 aliphatic rings. The number of pyridine rings is 1. The Kier molecular flexibility index (Phi) is 7.48. The Morgan fingerprint density at radius 2 is 2.11 bits per heavy atom. The van der Waals surface area contributed by atoms with Crippen LogP contribution in [0, 0.1) is 23.0 Å². The monoisotopic (exact) mass is 510 g/mol. The maximum Gasteiger partial charge on any atom is 0.157 e. The molecule has 1 aliphatic heterocycles. The van der Waals surface area contributed by atoms with Crippen molar-refractivity contribution in [1.29, 1.82) is 5.26 Å². The summed E-state index contributed by atoms with van der Waals surface area (Å²) in [6.07, 6.45) is 2.39. The molecule has 5 rings (SSSR count). The van der Waals surface area contributed by atoms with Crippen LogP contribution in [0.5, 0.6) is 0 Å². The van der Waals surface area contributed by atoms with Crippen molar-refractivity contribution in [2.75, 3.05) is 32.8 Å². The van der Waals surface area contributed by atoms with Crippen molar-refractivity contribution >= 4 is 0 Å². The summed E-state index contributed by atoms with van der Waals surface area (Å²) in [6, 6.07) is 7.79. The zero-order valence-corrected chi connectivity index (χ0v) is 20.5. The number of benzene rings is 1. The second-order valence-electron chi connectivity index (χ2n) is 9.32. The van der Waals surface area contributed by atoms with Gasteiger partial charge in [0.05, 0.1) is 13.2 Å². The van der Waals surface area contributed by atoms with Gasteiger partial charge in [0.2, 0.25) is 0 Å². The van der Waals surface area contributed by atoms with Crippen molar-refractivity contribution in [2.45, 2.75) is 44.6 Å². The standard InChI is InChI=1S/C25H28F2N8O2/c1-2-33-9-10-34(12-17(33)14-37-13-16-3-6-21(26)20(11-28)24(16)27)25(36)19-4-7-22-18(19)5-8-23(30-22)35-15-29-31-32-35/h3,5-6,8,15,17,19,25,36H,2,4,7,9-10,12-14H2,1H3/t17-,19?,25?/m1/s1. The van der Waals surface area contributed by atoms with Crippen LogP contribution in [-0.4, -0.2) is 85.2 Å². The lowest BCUT2D eigenvalue weighted by Crippen LogP contribution is -2.58. The minimum Gasteiger partial charge on any atom is -0.378 e. The second-order valence-corrected chi connectivity index (χ2v) is 9.32. The topological polar surface area (TPSA) is 116 Å². The Morgan fingerprint density at radius 1 is 1.24 bits per heavy atom. The van der Waals surface area contributed by atoms with E-state index in [0.29, 0.717) is 25.5 Å². The third-order valence-electron chi connectivity index (χ3n) is 7.30. The number of aliphatic hydroxyl groups is 1. The van der Waals surface area contributed by atoms with Gasteiger partial charge in [-0.05, 0) is 47.5 Å². The van der Waals surface area contributed by atoms with Gasteiger partial charge in [0.1, 0.15) is 35.8 Å².